The van der Waals surface area contributed by atoms with Gasteiger partial charge in [-0.3, -0.25) is 9.52 Å². The molecule has 25 heavy (non-hydrogen) atoms. The first-order chi connectivity index (χ1) is 11.8. The Bertz CT molecular complexity index is 836. The van der Waals surface area contributed by atoms with Crippen LogP contribution in [0.25, 0.3) is 0 Å². The average Bonchev–Trinajstić information content (AvgIpc) is 2.57. The van der Waals surface area contributed by atoms with E-state index in [1.54, 1.807) is 6.07 Å². The first kappa shape index (κ1) is 18.9. The number of hydrogen-bond donors (Lipinski definition) is 2. The molecule has 0 spiro atoms. The zero-order chi connectivity index (χ0) is 18.4. The fourth-order valence-electron chi connectivity index (χ4n) is 2.35. The second kappa shape index (κ2) is 8.11. The second-order valence-electron chi connectivity index (χ2n) is 5.80. The molecule has 0 aromatic heterocycles. The van der Waals surface area contributed by atoms with Crippen molar-refractivity contribution in [1.29, 1.82) is 0 Å². The minimum absolute atomic E-state index is 0.00936. The highest BCUT2D eigenvalue weighted by Crippen LogP contribution is 2.17. The van der Waals surface area contributed by atoms with Gasteiger partial charge in [-0.2, -0.15) is 0 Å². The fourth-order valence-corrected chi connectivity index (χ4v) is 3.45. The van der Waals surface area contributed by atoms with Crippen LogP contribution in [0.4, 0.5) is 10.1 Å². The van der Waals surface area contributed by atoms with Crippen molar-refractivity contribution in [3.8, 4) is 0 Å². The lowest BCUT2D eigenvalue weighted by Crippen LogP contribution is -2.32. The largest absolute Gasteiger partial charge is 0.350 e. The smallest absolute Gasteiger partial charge is 0.261 e. The van der Waals surface area contributed by atoms with Gasteiger partial charge in [-0.05, 0) is 55.8 Å². The number of hydrogen-bond acceptors (Lipinski definition) is 3. The van der Waals surface area contributed by atoms with Gasteiger partial charge in [0.05, 0.1) is 4.90 Å². The van der Waals surface area contributed by atoms with Crippen LogP contribution in [0, 0.1) is 5.82 Å². The van der Waals surface area contributed by atoms with E-state index in [1.807, 2.05) is 13.8 Å². The zero-order valence-electron chi connectivity index (χ0n) is 14.1. The molecule has 7 heteroatoms. The van der Waals surface area contributed by atoms with E-state index in [-0.39, 0.29) is 28.1 Å². The normalized spacial score (nSPS) is 12.4. The summed E-state index contributed by atoms with van der Waals surface area (Å²) in [5.74, 6) is -0.775. The van der Waals surface area contributed by atoms with Crippen molar-refractivity contribution in [3.63, 3.8) is 0 Å². The Balaban J connectivity index is 2.18. The standard InChI is InChI=1S/C18H21FN2O3S/c1-3-5-13(2)20-18(22)14-6-4-7-17(12-14)25(23,24)21-16-10-8-15(19)9-11-16/h4,6-13,21H,3,5H2,1-2H3,(H,20,22)/t13-/m1/s1. The molecule has 1 atom stereocenters. The summed E-state index contributed by atoms with van der Waals surface area (Å²) in [5, 5.41) is 2.84. The van der Waals surface area contributed by atoms with Crippen LogP contribution in [0.1, 0.15) is 37.0 Å². The molecule has 0 aliphatic carbocycles. The van der Waals surface area contributed by atoms with Crippen molar-refractivity contribution in [2.75, 3.05) is 4.72 Å². The van der Waals surface area contributed by atoms with Crippen LogP contribution in [-0.4, -0.2) is 20.4 Å². The summed E-state index contributed by atoms with van der Waals surface area (Å²) in [5.41, 5.74) is 0.512. The van der Waals surface area contributed by atoms with Crippen molar-refractivity contribution in [2.24, 2.45) is 0 Å². The Morgan fingerprint density at radius 1 is 1.16 bits per heavy atom. The molecule has 2 rings (SSSR count). The lowest BCUT2D eigenvalue weighted by Gasteiger charge is -2.13. The van der Waals surface area contributed by atoms with Crippen LogP contribution in [0.2, 0.25) is 0 Å². The van der Waals surface area contributed by atoms with Crippen molar-refractivity contribution in [2.45, 2.75) is 37.6 Å². The van der Waals surface area contributed by atoms with Crippen LogP contribution in [0.15, 0.2) is 53.4 Å². The number of rotatable bonds is 7. The summed E-state index contributed by atoms with van der Waals surface area (Å²) in [7, 11) is -3.87. The van der Waals surface area contributed by atoms with E-state index in [0.29, 0.717) is 0 Å². The second-order valence-corrected chi connectivity index (χ2v) is 7.49. The molecule has 1 amide bonds. The van der Waals surface area contributed by atoms with Gasteiger partial charge >= 0.3 is 0 Å². The lowest BCUT2D eigenvalue weighted by molar-refractivity contribution is 0.0938. The Hall–Kier alpha value is -2.41. The third kappa shape index (κ3) is 5.29. The first-order valence-corrected chi connectivity index (χ1v) is 9.49. The van der Waals surface area contributed by atoms with Crippen molar-refractivity contribution in [1.82, 2.24) is 5.32 Å². The molecule has 0 aliphatic rings. The SMILES string of the molecule is CCC[C@@H](C)NC(=O)c1cccc(S(=O)(=O)Nc2ccc(F)cc2)c1. The monoisotopic (exact) mass is 364 g/mol. The highest BCUT2D eigenvalue weighted by atomic mass is 32.2. The van der Waals surface area contributed by atoms with E-state index >= 15 is 0 Å². The van der Waals surface area contributed by atoms with Crippen LogP contribution < -0.4 is 10.0 Å². The Morgan fingerprint density at radius 3 is 2.48 bits per heavy atom. The van der Waals surface area contributed by atoms with Gasteiger partial charge in [0.1, 0.15) is 5.82 Å². The molecule has 0 unspecified atom stereocenters. The Kier molecular flexibility index (Phi) is 6.14. The van der Waals surface area contributed by atoms with Gasteiger partial charge in [-0.25, -0.2) is 12.8 Å². The lowest BCUT2D eigenvalue weighted by atomic mass is 10.1. The Morgan fingerprint density at radius 2 is 1.84 bits per heavy atom. The van der Waals surface area contributed by atoms with E-state index in [1.165, 1.54) is 30.3 Å². The van der Waals surface area contributed by atoms with Crippen molar-refractivity contribution >= 4 is 21.6 Å². The van der Waals surface area contributed by atoms with Crippen LogP contribution >= 0.6 is 0 Å². The summed E-state index contributed by atoms with van der Waals surface area (Å²) in [6, 6.07) is 10.8. The van der Waals surface area contributed by atoms with E-state index in [2.05, 4.69) is 10.0 Å². The summed E-state index contributed by atoms with van der Waals surface area (Å²) >= 11 is 0. The maximum atomic E-state index is 12.9. The van der Waals surface area contributed by atoms with Gasteiger partial charge in [0.2, 0.25) is 0 Å². The number of sulfonamides is 1. The van der Waals surface area contributed by atoms with Gasteiger partial charge in [-0.15, -0.1) is 0 Å². The third-order valence-corrected chi connectivity index (χ3v) is 4.98. The highest BCUT2D eigenvalue weighted by molar-refractivity contribution is 7.92. The fraction of sp³-hybridized carbons (Fsp3) is 0.278. The molecular weight excluding hydrogens is 343 g/mol. The molecule has 0 saturated carbocycles. The minimum Gasteiger partial charge on any atom is -0.350 e. The molecule has 134 valence electrons. The summed E-state index contributed by atoms with van der Waals surface area (Å²) in [6.45, 7) is 3.93. The van der Waals surface area contributed by atoms with Crippen LogP contribution in [0.5, 0.6) is 0 Å². The summed E-state index contributed by atoms with van der Waals surface area (Å²) < 4.78 is 40.2. The number of carbonyl (C=O) groups is 1. The molecule has 2 aromatic carbocycles. The van der Waals surface area contributed by atoms with Crippen LogP contribution in [-0.2, 0) is 10.0 Å². The molecule has 2 aromatic rings. The number of carbonyl (C=O) groups excluding carboxylic acids is 1. The third-order valence-electron chi connectivity index (χ3n) is 3.60. The average molecular weight is 364 g/mol. The van der Waals surface area contributed by atoms with Crippen LogP contribution in [0.3, 0.4) is 0 Å². The molecule has 0 bridgehead atoms. The first-order valence-electron chi connectivity index (χ1n) is 8.01. The van der Waals surface area contributed by atoms with E-state index in [0.717, 1.165) is 25.0 Å². The molecular formula is C18H21FN2O3S. The van der Waals surface area contributed by atoms with Gasteiger partial charge < -0.3 is 5.32 Å². The number of benzene rings is 2. The molecule has 0 fully saturated rings. The number of anilines is 1. The molecule has 0 heterocycles. The van der Waals surface area contributed by atoms with Gasteiger partial charge in [0, 0.05) is 17.3 Å². The molecule has 0 saturated heterocycles. The minimum atomic E-state index is -3.87. The molecule has 0 aliphatic heterocycles. The summed E-state index contributed by atoms with van der Waals surface area (Å²) in [6.07, 6.45) is 1.79. The summed E-state index contributed by atoms with van der Waals surface area (Å²) in [4.78, 5) is 12.2. The maximum Gasteiger partial charge on any atom is 0.261 e. The van der Waals surface area contributed by atoms with Gasteiger partial charge in [-0.1, -0.05) is 19.4 Å². The van der Waals surface area contributed by atoms with Gasteiger partial charge in [0.15, 0.2) is 0 Å². The molecule has 0 radical (unpaired) electrons. The van der Waals surface area contributed by atoms with E-state index < -0.39 is 15.8 Å². The maximum absolute atomic E-state index is 12.9. The number of halogens is 1. The molecule has 5 nitrogen and oxygen atoms in total. The highest BCUT2D eigenvalue weighted by Gasteiger charge is 2.17. The van der Waals surface area contributed by atoms with Gasteiger partial charge in [0.25, 0.3) is 15.9 Å². The number of amides is 1. The predicted octanol–water partition coefficient (Wildman–Crippen LogP) is 3.54. The van der Waals surface area contributed by atoms with Crippen molar-refractivity contribution in [3.05, 3.63) is 59.9 Å². The zero-order valence-corrected chi connectivity index (χ0v) is 14.9. The van der Waals surface area contributed by atoms with E-state index in [4.69, 9.17) is 0 Å². The van der Waals surface area contributed by atoms with E-state index in [9.17, 15) is 17.6 Å². The predicted molar refractivity (Wildman–Crippen MR) is 95.5 cm³/mol. The molecule has 2 N–H and O–H groups in total. The Labute approximate surface area is 147 Å². The van der Waals surface area contributed by atoms with Crippen molar-refractivity contribution < 1.29 is 17.6 Å². The quantitative estimate of drug-likeness (QED) is 0.789. The topological polar surface area (TPSA) is 75.3 Å². The number of nitrogens with one attached hydrogen (secondary N) is 2.